The third-order valence-electron chi connectivity index (χ3n) is 5.30. The molecular weight excluding hydrogens is 435 g/mol. The van der Waals surface area contributed by atoms with Crippen molar-refractivity contribution in [2.24, 2.45) is 5.92 Å². The predicted molar refractivity (Wildman–Crippen MR) is 119 cm³/mol. The van der Waals surface area contributed by atoms with Gasteiger partial charge >= 0.3 is 6.03 Å². The maximum Gasteiger partial charge on any atom is 0.319 e. The summed E-state index contributed by atoms with van der Waals surface area (Å²) in [5.41, 5.74) is 0.667. The summed E-state index contributed by atoms with van der Waals surface area (Å²) < 4.78 is 39.1. The summed E-state index contributed by atoms with van der Waals surface area (Å²) in [6, 6.07) is 11.2. The normalized spacial score (nSPS) is 16.6. The maximum atomic E-state index is 13.2. The van der Waals surface area contributed by atoms with Gasteiger partial charge in [-0.15, -0.1) is 0 Å². The van der Waals surface area contributed by atoms with Crippen LogP contribution in [0.15, 0.2) is 53.4 Å². The first kappa shape index (κ1) is 23.7. The van der Waals surface area contributed by atoms with Gasteiger partial charge in [0, 0.05) is 45.0 Å². The van der Waals surface area contributed by atoms with E-state index in [1.807, 2.05) is 0 Å². The Morgan fingerprint density at radius 2 is 1.91 bits per heavy atom. The largest absolute Gasteiger partial charge is 0.338 e. The van der Waals surface area contributed by atoms with E-state index in [-0.39, 0.29) is 16.7 Å². The van der Waals surface area contributed by atoms with Crippen LogP contribution >= 0.6 is 0 Å². The van der Waals surface area contributed by atoms with Gasteiger partial charge in [-0.05, 0) is 55.2 Å². The lowest BCUT2D eigenvalue weighted by molar-refractivity contribution is 0.0675. The molecule has 0 bridgehead atoms. The van der Waals surface area contributed by atoms with Crippen molar-refractivity contribution in [3.8, 4) is 0 Å². The molecule has 1 fully saturated rings. The summed E-state index contributed by atoms with van der Waals surface area (Å²) in [4.78, 5) is 26.8. The number of benzene rings is 2. The third-order valence-corrected chi connectivity index (χ3v) is 7.11. The average Bonchev–Trinajstić information content (AvgIpc) is 2.77. The van der Waals surface area contributed by atoms with Crippen LogP contribution in [-0.2, 0) is 10.0 Å². The molecule has 0 spiro atoms. The van der Waals surface area contributed by atoms with Crippen LogP contribution in [0.5, 0.6) is 0 Å². The molecule has 3 rings (SSSR count). The molecule has 1 saturated heterocycles. The van der Waals surface area contributed by atoms with Crippen LogP contribution in [0, 0.1) is 11.7 Å². The summed E-state index contributed by atoms with van der Waals surface area (Å²) in [6.45, 7) is 1.37. The van der Waals surface area contributed by atoms with Crippen LogP contribution in [0.3, 0.4) is 0 Å². The van der Waals surface area contributed by atoms with Crippen LogP contribution in [0.25, 0.3) is 0 Å². The molecule has 1 aliphatic rings. The molecule has 8 nitrogen and oxygen atoms in total. The minimum Gasteiger partial charge on any atom is -0.338 e. The van der Waals surface area contributed by atoms with Crippen LogP contribution in [0.1, 0.15) is 23.2 Å². The second kappa shape index (κ2) is 10.1. The highest BCUT2D eigenvalue weighted by Crippen LogP contribution is 2.21. The standard InChI is InChI=1S/C22H27FN4O4S/c1-26(2)32(30,31)20-10-3-7-17(12-20)21(28)27-11-5-6-16(15-27)14-24-22(29)25-19-9-4-8-18(23)13-19/h3-4,7-10,12-13,16H,5-6,11,14-15H2,1-2H3,(H2,24,25,29). The fraction of sp³-hybridized carbons (Fsp3) is 0.364. The smallest absolute Gasteiger partial charge is 0.319 e. The van der Waals surface area contributed by atoms with Crippen molar-refractivity contribution >= 4 is 27.6 Å². The number of nitrogens with one attached hydrogen (secondary N) is 2. The zero-order chi connectivity index (χ0) is 23.3. The first-order valence-corrected chi connectivity index (χ1v) is 11.7. The molecule has 10 heteroatoms. The first-order chi connectivity index (χ1) is 15.2. The minimum atomic E-state index is -3.64. The maximum absolute atomic E-state index is 13.2. The van der Waals surface area contributed by atoms with Gasteiger partial charge in [-0.1, -0.05) is 12.1 Å². The van der Waals surface area contributed by atoms with Gasteiger partial charge in [0.05, 0.1) is 4.90 Å². The number of halogens is 1. The SMILES string of the molecule is CN(C)S(=O)(=O)c1cccc(C(=O)N2CCCC(CNC(=O)Nc3cccc(F)c3)C2)c1. The molecule has 0 radical (unpaired) electrons. The number of hydrogen-bond donors (Lipinski definition) is 2. The summed E-state index contributed by atoms with van der Waals surface area (Å²) in [7, 11) is -0.755. The number of carbonyl (C=O) groups is 2. The zero-order valence-electron chi connectivity index (χ0n) is 18.0. The molecule has 1 atom stereocenters. The molecule has 2 aromatic rings. The van der Waals surface area contributed by atoms with Crippen molar-refractivity contribution in [3.63, 3.8) is 0 Å². The lowest BCUT2D eigenvalue weighted by atomic mass is 9.97. The Kier molecular flexibility index (Phi) is 7.47. The number of nitrogens with zero attached hydrogens (tertiary/aromatic N) is 2. The van der Waals surface area contributed by atoms with Gasteiger partial charge in [-0.3, -0.25) is 4.79 Å². The Balaban J connectivity index is 1.58. The van der Waals surface area contributed by atoms with Gasteiger partial charge in [0.1, 0.15) is 5.82 Å². The van der Waals surface area contributed by atoms with Gasteiger partial charge < -0.3 is 15.5 Å². The average molecular weight is 463 g/mol. The van der Waals surface area contributed by atoms with E-state index in [0.717, 1.165) is 17.1 Å². The zero-order valence-corrected chi connectivity index (χ0v) is 18.9. The van der Waals surface area contributed by atoms with Crippen LogP contribution < -0.4 is 10.6 Å². The summed E-state index contributed by atoms with van der Waals surface area (Å²) in [5, 5.41) is 5.35. The summed E-state index contributed by atoms with van der Waals surface area (Å²) >= 11 is 0. The van der Waals surface area contributed by atoms with E-state index in [0.29, 0.717) is 30.9 Å². The topological polar surface area (TPSA) is 98.8 Å². The van der Waals surface area contributed by atoms with E-state index in [9.17, 15) is 22.4 Å². The molecule has 0 aliphatic carbocycles. The quantitative estimate of drug-likeness (QED) is 0.690. The fourth-order valence-corrected chi connectivity index (χ4v) is 4.53. The van der Waals surface area contributed by atoms with Crippen molar-refractivity contribution in [1.29, 1.82) is 0 Å². The Morgan fingerprint density at radius 1 is 1.16 bits per heavy atom. The highest BCUT2D eigenvalue weighted by Gasteiger charge is 2.26. The Bertz CT molecular complexity index is 1090. The molecule has 172 valence electrons. The number of sulfonamides is 1. The predicted octanol–water partition coefficient (Wildman–Crippen LogP) is 2.75. The van der Waals surface area contributed by atoms with Gasteiger partial charge in [0.25, 0.3) is 5.91 Å². The van der Waals surface area contributed by atoms with E-state index < -0.39 is 21.9 Å². The second-order valence-corrected chi connectivity index (χ2v) is 10.1. The van der Waals surface area contributed by atoms with Crippen molar-refractivity contribution < 1.29 is 22.4 Å². The fourth-order valence-electron chi connectivity index (χ4n) is 3.58. The first-order valence-electron chi connectivity index (χ1n) is 10.3. The van der Waals surface area contributed by atoms with Gasteiger partial charge in [0.2, 0.25) is 10.0 Å². The number of amides is 3. The molecular formula is C22H27FN4O4S. The molecule has 2 N–H and O–H groups in total. The number of hydrogen-bond acceptors (Lipinski definition) is 4. The van der Waals surface area contributed by atoms with Gasteiger partial charge in [0.15, 0.2) is 0 Å². The Morgan fingerprint density at radius 3 is 2.62 bits per heavy atom. The molecule has 2 aromatic carbocycles. The second-order valence-electron chi connectivity index (χ2n) is 7.92. The summed E-state index contributed by atoms with van der Waals surface area (Å²) in [5.74, 6) is -0.624. The Hall–Kier alpha value is -2.98. The molecule has 0 saturated carbocycles. The number of carbonyl (C=O) groups excluding carboxylic acids is 2. The molecule has 0 aromatic heterocycles. The molecule has 1 aliphatic heterocycles. The Labute approximate surface area is 187 Å². The van der Waals surface area contributed by atoms with E-state index in [2.05, 4.69) is 10.6 Å². The summed E-state index contributed by atoms with van der Waals surface area (Å²) in [6.07, 6.45) is 1.62. The van der Waals surface area contributed by atoms with Crippen molar-refractivity contribution in [2.45, 2.75) is 17.7 Å². The van der Waals surface area contributed by atoms with Crippen LogP contribution in [0.4, 0.5) is 14.9 Å². The number of rotatable bonds is 6. The van der Waals surface area contributed by atoms with Crippen molar-refractivity contribution in [3.05, 3.63) is 59.9 Å². The van der Waals surface area contributed by atoms with Crippen LogP contribution in [0.2, 0.25) is 0 Å². The number of anilines is 1. The monoisotopic (exact) mass is 462 g/mol. The molecule has 32 heavy (non-hydrogen) atoms. The number of urea groups is 1. The van der Waals surface area contributed by atoms with E-state index in [1.165, 1.54) is 44.4 Å². The van der Waals surface area contributed by atoms with E-state index in [1.54, 1.807) is 23.1 Å². The van der Waals surface area contributed by atoms with E-state index >= 15 is 0 Å². The highest BCUT2D eigenvalue weighted by molar-refractivity contribution is 7.89. The molecule has 1 heterocycles. The number of piperidine rings is 1. The highest BCUT2D eigenvalue weighted by atomic mass is 32.2. The lowest BCUT2D eigenvalue weighted by Gasteiger charge is -2.33. The van der Waals surface area contributed by atoms with Gasteiger partial charge in [-0.2, -0.15) is 0 Å². The van der Waals surface area contributed by atoms with Crippen molar-refractivity contribution in [2.75, 3.05) is 39.0 Å². The lowest BCUT2D eigenvalue weighted by Crippen LogP contribution is -2.44. The van der Waals surface area contributed by atoms with E-state index in [4.69, 9.17) is 0 Å². The van der Waals surface area contributed by atoms with Crippen LogP contribution in [-0.4, -0.2) is 63.3 Å². The molecule has 1 unspecified atom stereocenters. The third kappa shape index (κ3) is 5.83. The van der Waals surface area contributed by atoms with Crippen molar-refractivity contribution in [1.82, 2.24) is 14.5 Å². The number of likely N-dealkylation sites (tertiary alicyclic amines) is 1. The minimum absolute atomic E-state index is 0.0552. The van der Waals surface area contributed by atoms with Gasteiger partial charge in [-0.25, -0.2) is 21.9 Å². The molecule has 3 amide bonds.